The highest BCUT2D eigenvalue weighted by Crippen LogP contribution is 2.39. The first-order valence-electron chi connectivity index (χ1n) is 3.91. The summed E-state index contributed by atoms with van der Waals surface area (Å²) >= 11 is 0. The highest BCUT2D eigenvalue weighted by atomic mass is 16.5. The molecule has 1 spiro atoms. The van der Waals surface area contributed by atoms with Crippen LogP contribution in [0.5, 0.6) is 0 Å². The van der Waals surface area contributed by atoms with Gasteiger partial charge in [-0.05, 0) is 24.4 Å². The second kappa shape index (κ2) is 1.52. The smallest absolute Gasteiger partial charge is 0.206 e. The van der Waals surface area contributed by atoms with Crippen LogP contribution in [0, 0.1) is 0 Å². The molecular formula is C9H9NO. The molecule has 11 heavy (non-hydrogen) atoms. The minimum atomic E-state index is -0.121. The van der Waals surface area contributed by atoms with Crippen LogP contribution in [-0.2, 0) is 4.74 Å². The molecule has 2 heteroatoms. The van der Waals surface area contributed by atoms with Gasteiger partial charge in [0.15, 0.2) is 0 Å². The Kier molecular flexibility index (Phi) is 0.757. The maximum Gasteiger partial charge on any atom is 0.206 e. The molecule has 0 aromatic rings. The third-order valence-corrected chi connectivity index (χ3v) is 2.47. The van der Waals surface area contributed by atoms with E-state index in [-0.39, 0.29) is 5.72 Å². The fourth-order valence-corrected chi connectivity index (χ4v) is 1.85. The van der Waals surface area contributed by atoms with E-state index >= 15 is 0 Å². The van der Waals surface area contributed by atoms with Gasteiger partial charge in [-0.15, -0.1) is 0 Å². The van der Waals surface area contributed by atoms with Crippen molar-refractivity contribution in [3.63, 3.8) is 0 Å². The van der Waals surface area contributed by atoms with Crippen molar-refractivity contribution < 1.29 is 4.74 Å². The summed E-state index contributed by atoms with van der Waals surface area (Å²) in [6.07, 6.45) is 11.6. The third-order valence-electron chi connectivity index (χ3n) is 2.47. The van der Waals surface area contributed by atoms with Gasteiger partial charge in [0.1, 0.15) is 5.76 Å². The Labute approximate surface area is 65.4 Å². The van der Waals surface area contributed by atoms with E-state index in [2.05, 4.69) is 35.4 Å². The monoisotopic (exact) mass is 147 g/mol. The van der Waals surface area contributed by atoms with E-state index < -0.39 is 0 Å². The van der Waals surface area contributed by atoms with Crippen molar-refractivity contribution in [3.8, 4) is 0 Å². The standard InChI is InChI=1S/C9H9NO/c1-4-9-5-2-8(11-9)3-7-10(9)6-1/h1-3,5-6H,4,7H2/t9-/m1/s1. The first kappa shape index (κ1) is 5.47. The molecule has 0 N–H and O–H groups in total. The topological polar surface area (TPSA) is 12.5 Å². The summed E-state index contributed by atoms with van der Waals surface area (Å²) in [6.45, 7) is 0.985. The number of fused-ring (bicyclic) bond motifs is 1. The minimum Gasteiger partial charge on any atom is -0.464 e. The molecule has 3 aliphatic rings. The van der Waals surface area contributed by atoms with Gasteiger partial charge in [0.25, 0.3) is 0 Å². The summed E-state index contributed by atoms with van der Waals surface area (Å²) in [4.78, 5) is 2.22. The summed E-state index contributed by atoms with van der Waals surface area (Å²) < 4.78 is 5.72. The molecule has 1 atom stereocenters. The molecule has 0 saturated heterocycles. The summed E-state index contributed by atoms with van der Waals surface area (Å²) in [6, 6.07) is 0. The SMILES string of the molecule is C1=CN2CC=C3C=C[C@@]2(C1)O3. The Balaban J connectivity index is 2.13. The second-order valence-corrected chi connectivity index (χ2v) is 3.13. The van der Waals surface area contributed by atoms with Gasteiger partial charge in [-0.1, -0.05) is 6.08 Å². The normalized spacial score (nSPS) is 37.1. The van der Waals surface area contributed by atoms with Crippen LogP contribution >= 0.6 is 0 Å². The van der Waals surface area contributed by atoms with Gasteiger partial charge >= 0.3 is 0 Å². The van der Waals surface area contributed by atoms with Crippen LogP contribution in [0.1, 0.15) is 6.42 Å². The van der Waals surface area contributed by atoms with E-state index in [1.54, 1.807) is 0 Å². The molecule has 0 radical (unpaired) electrons. The maximum absolute atomic E-state index is 5.72. The van der Waals surface area contributed by atoms with Crippen molar-refractivity contribution in [2.24, 2.45) is 0 Å². The number of hydrogen-bond donors (Lipinski definition) is 0. The van der Waals surface area contributed by atoms with E-state index in [0.29, 0.717) is 0 Å². The van der Waals surface area contributed by atoms with Crippen molar-refractivity contribution in [2.75, 3.05) is 6.54 Å². The molecule has 0 amide bonds. The Hall–Kier alpha value is -1.18. The molecule has 0 aromatic carbocycles. The molecule has 3 heterocycles. The van der Waals surface area contributed by atoms with Gasteiger partial charge in [-0.3, -0.25) is 0 Å². The predicted octanol–water partition coefficient (Wildman–Crippen LogP) is 1.39. The average Bonchev–Trinajstić information content (AvgIpc) is 2.58. The van der Waals surface area contributed by atoms with Crippen molar-refractivity contribution in [2.45, 2.75) is 12.1 Å². The van der Waals surface area contributed by atoms with Gasteiger partial charge in [-0.25, -0.2) is 0 Å². The van der Waals surface area contributed by atoms with E-state index in [1.165, 1.54) is 0 Å². The fraction of sp³-hybridized carbons (Fsp3) is 0.333. The van der Waals surface area contributed by atoms with Crippen molar-refractivity contribution in [1.82, 2.24) is 4.90 Å². The zero-order valence-corrected chi connectivity index (χ0v) is 6.16. The van der Waals surface area contributed by atoms with Crippen LogP contribution in [-0.4, -0.2) is 17.2 Å². The quantitative estimate of drug-likeness (QED) is 0.513. The minimum absolute atomic E-state index is 0.121. The number of nitrogens with zero attached hydrogens (tertiary/aromatic N) is 1. The van der Waals surface area contributed by atoms with Crippen LogP contribution < -0.4 is 0 Å². The van der Waals surface area contributed by atoms with Gasteiger partial charge in [0.05, 0.1) is 0 Å². The first-order chi connectivity index (χ1) is 5.39. The molecule has 56 valence electrons. The molecule has 0 aliphatic carbocycles. The largest absolute Gasteiger partial charge is 0.464 e. The summed E-state index contributed by atoms with van der Waals surface area (Å²) in [5.41, 5.74) is -0.121. The molecule has 3 rings (SSSR count). The number of hydrogen-bond acceptors (Lipinski definition) is 2. The Morgan fingerprint density at radius 3 is 3.55 bits per heavy atom. The predicted molar refractivity (Wildman–Crippen MR) is 41.5 cm³/mol. The number of ether oxygens (including phenoxy) is 1. The van der Waals surface area contributed by atoms with Crippen molar-refractivity contribution in [1.29, 1.82) is 0 Å². The lowest BCUT2D eigenvalue weighted by Crippen LogP contribution is -2.43. The summed E-state index contributed by atoms with van der Waals surface area (Å²) in [5.74, 6) is 1.03. The maximum atomic E-state index is 5.72. The van der Waals surface area contributed by atoms with Crippen LogP contribution in [0.25, 0.3) is 0 Å². The van der Waals surface area contributed by atoms with Gasteiger partial charge in [0, 0.05) is 13.0 Å². The molecule has 0 aromatic heterocycles. The Bertz CT molecular complexity index is 290. The lowest BCUT2D eigenvalue weighted by molar-refractivity contribution is -0.0434. The van der Waals surface area contributed by atoms with Crippen molar-refractivity contribution in [3.05, 3.63) is 36.3 Å². The average molecular weight is 147 g/mol. The lowest BCUT2D eigenvalue weighted by atomic mass is 10.1. The zero-order chi connectivity index (χ0) is 7.31. The van der Waals surface area contributed by atoms with Crippen LogP contribution in [0.15, 0.2) is 36.3 Å². The zero-order valence-electron chi connectivity index (χ0n) is 6.16. The highest BCUT2D eigenvalue weighted by molar-refractivity contribution is 5.32. The molecule has 2 bridgehead atoms. The molecule has 3 aliphatic heterocycles. The van der Waals surface area contributed by atoms with Crippen LogP contribution in [0.3, 0.4) is 0 Å². The highest BCUT2D eigenvalue weighted by Gasteiger charge is 2.42. The number of allylic oxidation sites excluding steroid dienone is 1. The van der Waals surface area contributed by atoms with Crippen LogP contribution in [0.2, 0.25) is 0 Å². The van der Waals surface area contributed by atoms with E-state index in [0.717, 1.165) is 18.7 Å². The van der Waals surface area contributed by atoms with E-state index in [9.17, 15) is 0 Å². The molecule has 0 unspecified atom stereocenters. The first-order valence-corrected chi connectivity index (χ1v) is 3.91. The molecule has 0 saturated carbocycles. The lowest BCUT2D eigenvalue weighted by Gasteiger charge is -2.36. The molecule has 2 nitrogen and oxygen atoms in total. The molecular weight excluding hydrogens is 138 g/mol. The summed E-state index contributed by atoms with van der Waals surface area (Å²) in [5, 5.41) is 0. The summed E-state index contributed by atoms with van der Waals surface area (Å²) in [7, 11) is 0. The van der Waals surface area contributed by atoms with Crippen LogP contribution in [0.4, 0.5) is 0 Å². The van der Waals surface area contributed by atoms with E-state index in [1.807, 2.05) is 0 Å². The molecule has 0 fully saturated rings. The van der Waals surface area contributed by atoms with Crippen molar-refractivity contribution >= 4 is 0 Å². The van der Waals surface area contributed by atoms with Gasteiger partial charge in [-0.2, -0.15) is 0 Å². The third kappa shape index (κ3) is 0.530. The number of rotatable bonds is 0. The second-order valence-electron chi connectivity index (χ2n) is 3.13. The van der Waals surface area contributed by atoms with Gasteiger partial charge in [0.2, 0.25) is 5.72 Å². The van der Waals surface area contributed by atoms with E-state index in [4.69, 9.17) is 4.74 Å². The Morgan fingerprint density at radius 2 is 2.55 bits per heavy atom. The Morgan fingerprint density at radius 1 is 1.55 bits per heavy atom. The van der Waals surface area contributed by atoms with Gasteiger partial charge < -0.3 is 9.64 Å². The fourth-order valence-electron chi connectivity index (χ4n) is 1.85.